The number of aryl methyl sites for hydroxylation is 1. The number of anilines is 1. The van der Waals surface area contributed by atoms with Gasteiger partial charge in [-0.1, -0.05) is 13.0 Å². The molecule has 2 amide bonds. The van der Waals surface area contributed by atoms with Gasteiger partial charge in [0.05, 0.1) is 0 Å². The van der Waals surface area contributed by atoms with Crippen LogP contribution in [-0.4, -0.2) is 39.6 Å². The number of nitrogens with one attached hydrogen (secondary N) is 1. The van der Waals surface area contributed by atoms with Gasteiger partial charge in [-0.25, -0.2) is 9.78 Å². The highest BCUT2D eigenvalue weighted by Crippen LogP contribution is 2.59. The molecular formula is C19H24F3N3O3. The van der Waals surface area contributed by atoms with E-state index in [-0.39, 0.29) is 17.3 Å². The molecule has 1 saturated carbocycles. The van der Waals surface area contributed by atoms with Crippen molar-refractivity contribution in [1.82, 2.24) is 9.88 Å². The van der Waals surface area contributed by atoms with Gasteiger partial charge in [0.15, 0.2) is 0 Å². The van der Waals surface area contributed by atoms with Crippen LogP contribution in [0.15, 0.2) is 12.1 Å². The summed E-state index contributed by atoms with van der Waals surface area (Å²) in [4.78, 5) is 30.4. The highest BCUT2D eigenvalue weighted by molar-refractivity contribution is 5.97. The number of likely N-dealkylation sites (tertiary alicyclic amines) is 1. The number of fused-ring (bicyclic) bond motifs is 1. The maximum absolute atomic E-state index is 12.9. The van der Waals surface area contributed by atoms with Gasteiger partial charge >= 0.3 is 12.3 Å². The first-order valence-electron chi connectivity index (χ1n) is 9.08. The molecule has 1 aliphatic carbocycles. The smallest absolute Gasteiger partial charge is 0.433 e. The van der Waals surface area contributed by atoms with E-state index in [9.17, 15) is 22.8 Å². The fraction of sp³-hybridized carbons (Fsp3) is 0.632. The van der Waals surface area contributed by atoms with Gasteiger partial charge in [-0.3, -0.25) is 9.69 Å². The highest BCUT2D eigenvalue weighted by atomic mass is 19.4. The van der Waals surface area contributed by atoms with Gasteiger partial charge in [0, 0.05) is 6.04 Å². The minimum atomic E-state index is -4.61. The van der Waals surface area contributed by atoms with Crippen LogP contribution < -0.4 is 5.32 Å². The van der Waals surface area contributed by atoms with E-state index in [1.54, 1.807) is 27.7 Å². The molecule has 2 fully saturated rings. The number of amides is 2. The SMILES string of the molecule is Cc1ccc(C(F)(F)F)nc1NC(=O)[C@@H]1C[C@]2(C)C[C@H]2N1C(=O)OC(C)(C)C. The Morgan fingerprint density at radius 1 is 1.25 bits per heavy atom. The molecule has 0 radical (unpaired) electrons. The van der Waals surface area contributed by atoms with Crippen molar-refractivity contribution in [3.63, 3.8) is 0 Å². The second-order valence-electron chi connectivity index (χ2n) is 8.83. The molecule has 2 heterocycles. The van der Waals surface area contributed by atoms with Gasteiger partial charge in [-0.15, -0.1) is 0 Å². The number of hydrogen-bond donors (Lipinski definition) is 1. The number of pyridine rings is 1. The first kappa shape index (κ1) is 20.4. The number of carbonyl (C=O) groups is 2. The predicted molar refractivity (Wildman–Crippen MR) is 95.6 cm³/mol. The highest BCUT2D eigenvalue weighted by Gasteiger charge is 2.65. The number of carbonyl (C=O) groups excluding carboxylic acids is 2. The summed E-state index contributed by atoms with van der Waals surface area (Å²) in [6.45, 7) is 8.74. The lowest BCUT2D eigenvalue weighted by Gasteiger charge is -2.29. The van der Waals surface area contributed by atoms with Crippen molar-refractivity contribution in [2.75, 3.05) is 5.32 Å². The van der Waals surface area contributed by atoms with Gasteiger partial charge < -0.3 is 10.1 Å². The quantitative estimate of drug-likeness (QED) is 0.812. The van der Waals surface area contributed by atoms with Crippen molar-refractivity contribution in [1.29, 1.82) is 0 Å². The maximum atomic E-state index is 12.9. The van der Waals surface area contributed by atoms with Crippen LogP contribution in [0.1, 0.15) is 51.8 Å². The minimum absolute atomic E-state index is 0.103. The van der Waals surface area contributed by atoms with Crippen LogP contribution >= 0.6 is 0 Å². The number of ether oxygens (including phenoxy) is 1. The molecule has 0 bridgehead atoms. The van der Waals surface area contributed by atoms with E-state index in [0.717, 1.165) is 12.5 Å². The second kappa shape index (κ2) is 6.35. The van der Waals surface area contributed by atoms with E-state index in [1.165, 1.54) is 11.0 Å². The van der Waals surface area contributed by atoms with E-state index in [2.05, 4.69) is 10.3 Å². The van der Waals surface area contributed by atoms with Gasteiger partial charge in [0.25, 0.3) is 0 Å². The molecule has 0 unspecified atom stereocenters. The Morgan fingerprint density at radius 2 is 1.89 bits per heavy atom. The molecule has 1 aromatic heterocycles. The van der Waals surface area contributed by atoms with Crippen LogP contribution in [0.5, 0.6) is 0 Å². The lowest BCUT2D eigenvalue weighted by molar-refractivity contribution is -0.141. The fourth-order valence-electron chi connectivity index (χ4n) is 3.59. The third-order valence-corrected chi connectivity index (χ3v) is 5.17. The maximum Gasteiger partial charge on any atom is 0.433 e. The number of nitrogens with zero attached hydrogens (tertiary/aromatic N) is 2. The number of piperidine rings is 1. The van der Waals surface area contributed by atoms with E-state index in [0.29, 0.717) is 12.0 Å². The Bertz CT molecular complexity index is 819. The molecule has 28 heavy (non-hydrogen) atoms. The Kier molecular flexibility index (Phi) is 4.63. The normalized spacial score (nSPS) is 26.6. The van der Waals surface area contributed by atoms with Crippen molar-refractivity contribution < 1.29 is 27.5 Å². The molecule has 6 nitrogen and oxygen atoms in total. The molecule has 0 aromatic carbocycles. The van der Waals surface area contributed by atoms with Gasteiger partial charge in [-0.2, -0.15) is 13.2 Å². The van der Waals surface area contributed by atoms with Crippen molar-refractivity contribution in [3.05, 3.63) is 23.4 Å². The number of aromatic nitrogens is 1. The topological polar surface area (TPSA) is 71.5 Å². The summed E-state index contributed by atoms with van der Waals surface area (Å²) in [5, 5.41) is 2.47. The Hall–Kier alpha value is -2.32. The molecule has 1 saturated heterocycles. The molecule has 3 atom stereocenters. The fourth-order valence-corrected chi connectivity index (χ4v) is 3.59. The van der Waals surface area contributed by atoms with Gasteiger partial charge in [-0.05, 0) is 57.6 Å². The molecule has 9 heteroatoms. The number of hydrogen-bond acceptors (Lipinski definition) is 4. The zero-order valence-electron chi connectivity index (χ0n) is 16.5. The molecule has 154 valence electrons. The van der Waals surface area contributed by atoms with Crippen LogP contribution in [0.3, 0.4) is 0 Å². The van der Waals surface area contributed by atoms with Crippen LogP contribution in [0.25, 0.3) is 0 Å². The van der Waals surface area contributed by atoms with E-state index >= 15 is 0 Å². The van der Waals surface area contributed by atoms with E-state index in [1.807, 2.05) is 6.92 Å². The number of alkyl halides is 3. The largest absolute Gasteiger partial charge is 0.444 e. The molecular weight excluding hydrogens is 375 g/mol. The van der Waals surface area contributed by atoms with Crippen LogP contribution in [0.2, 0.25) is 0 Å². The Balaban J connectivity index is 1.81. The average molecular weight is 399 g/mol. The zero-order chi connectivity index (χ0) is 21.1. The summed E-state index contributed by atoms with van der Waals surface area (Å²) in [7, 11) is 0. The summed E-state index contributed by atoms with van der Waals surface area (Å²) in [6, 6.07) is 1.21. The monoisotopic (exact) mass is 399 g/mol. The van der Waals surface area contributed by atoms with Crippen molar-refractivity contribution in [3.8, 4) is 0 Å². The number of halogens is 3. The molecule has 1 aliphatic heterocycles. The van der Waals surface area contributed by atoms with Crippen LogP contribution in [0.4, 0.5) is 23.8 Å². The molecule has 3 rings (SSSR count). The Labute approximate surface area is 161 Å². The van der Waals surface area contributed by atoms with Crippen molar-refractivity contribution in [2.45, 2.75) is 71.3 Å². The summed E-state index contributed by atoms with van der Waals surface area (Å²) >= 11 is 0. The average Bonchev–Trinajstić information content (AvgIpc) is 3.07. The molecule has 2 aliphatic rings. The van der Waals surface area contributed by atoms with Crippen molar-refractivity contribution in [2.24, 2.45) is 5.41 Å². The van der Waals surface area contributed by atoms with Gasteiger partial charge in [0.1, 0.15) is 23.2 Å². The van der Waals surface area contributed by atoms with E-state index in [4.69, 9.17) is 4.74 Å². The lowest BCUT2D eigenvalue weighted by atomic mass is 10.0. The minimum Gasteiger partial charge on any atom is -0.444 e. The second-order valence-corrected chi connectivity index (χ2v) is 8.83. The Morgan fingerprint density at radius 3 is 2.46 bits per heavy atom. The third-order valence-electron chi connectivity index (χ3n) is 5.17. The summed E-state index contributed by atoms with van der Waals surface area (Å²) < 4.78 is 44.2. The zero-order valence-corrected chi connectivity index (χ0v) is 16.5. The first-order valence-corrected chi connectivity index (χ1v) is 9.08. The third kappa shape index (κ3) is 3.93. The van der Waals surface area contributed by atoms with Crippen LogP contribution in [0, 0.1) is 12.3 Å². The predicted octanol–water partition coefficient (Wildman–Crippen LogP) is 4.14. The number of rotatable bonds is 2. The molecule has 1 aromatic rings. The van der Waals surface area contributed by atoms with E-state index < -0.39 is 35.5 Å². The standard InChI is InChI=1S/C19H24F3N3O3/c1-10-6-7-12(19(20,21)22)23-14(10)24-15(26)11-8-18(5)9-13(18)25(11)16(27)28-17(2,3)4/h6-7,11,13H,8-9H2,1-5H3,(H,23,24,26)/t11-,13+,18+/m0/s1. The summed E-state index contributed by atoms with van der Waals surface area (Å²) in [6.07, 6.45) is -4.00. The summed E-state index contributed by atoms with van der Waals surface area (Å²) in [5.74, 6) is -0.719. The molecule has 0 spiro atoms. The van der Waals surface area contributed by atoms with Crippen molar-refractivity contribution >= 4 is 17.8 Å². The first-order chi connectivity index (χ1) is 12.7. The van der Waals surface area contributed by atoms with Gasteiger partial charge in [0.2, 0.25) is 5.91 Å². The molecule has 1 N–H and O–H groups in total. The lowest BCUT2D eigenvalue weighted by Crippen LogP contribution is -2.47. The summed E-state index contributed by atoms with van der Waals surface area (Å²) in [5.41, 5.74) is -1.57. The van der Waals surface area contributed by atoms with Crippen LogP contribution in [-0.2, 0) is 15.7 Å².